The van der Waals surface area contributed by atoms with Crippen molar-refractivity contribution in [1.29, 1.82) is 0 Å². The van der Waals surface area contributed by atoms with E-state index in [2.05, 4.69) is 31.1 Å². The zero-order chi connectivity index (χ0) is 20.2. The maximum atomic E-state index is 10.8. The lowest BCUT2D eigenvalue weighted by Crippen LogP contribution is -2.46. The average molecular weight is 400 g/mol. The van der Waals surface area contributed by atoms with E-state index in [1.54, 1.807) is 0 Å². The summed E-state index contributed by atoms with van der Waals surface area (Å²) in [5.41, 5.74) is 3.29. The van der Waals surface area contributed by atoms with Crippen molar-refractivity contribution in [2.75, 3.05) is 6.61 Å². The molecule has 27 heavy (non-hydrogen) atoms. The van der Waals surface area contributed by atoms with Gasteiger partial charge in [0.15, 0.2) is 17.8 Å². The molecule has 3 heterocycles. The van der Waals surface area contributed by atoms with E-state index in [1.165, 1.54) is 0 Å². The highest BCUT2D eigenvalue weighted by atomic mass is 28.3. The van der Waals surface area contributed by atoms with Crippen LogP contribution >= 0.6 is 0 Å². The fraction of sp³-hybridized carbons (Fsp3) is 0.895. The van der Waals surface area contributed by atoms with Crippen LogP contribution in [0, 0.1) is 11.5 Å². The normalized spacial score (nSPS) is 38.5. The van der Waals surface area contributed by atoms with Gasteiger partial charge in [-0.05, 0) is 34.6 Å². The van der Waals surface area contributed by atoms with Crippen LogP contribution in [-0.4, -0.2) is 73.2 Å². The van der Waals surface area contributed by atoms with Gasteiger partial charge in [0.05, 0.1) is 12.6 Å². The molecule has 7 nitrogen and oxygen atoms in total. The van der Waals surface area contributed by atoms with Gasteiger partial charge in [-0.25, -0.2) is 0 Å². The third-order valence-electron chi connectivity index (χ3n) is 4.78. The van der Waals surface area contributed by atoms with Crippen molar-refractivity contribution < 1.29 is 28.9 Å². The molecule has 0 bridgehead atoms. The van der Waals surface area contributed by atoms with E-state index in [4.69, 9.17) is 23.7 Å². The Morgan fingerprint density at radius 2 is 1.63 bits per heavy atom. The molecule has 154 valence electrons. The largest absolute Gasteiger partial charge is 0.349 e. The van der Waals surface area contributed by atoms with Gasteiger partial charge in [-0.1, -0.05) is 25.6 Å². The third kappa shape index (κ3) is 4.74. The first-order valence-electron chi connectivity index (χ1n) is 9.61. The van der Waals surface area contributed by atoms with Gasteiger partial charge in [0.2, 0.25) is 0 Å². The van der Waals surface area contributed by atoms with Crippen LogP contribution in [0.1, 0.15) is 34.6 Å². The first kappa shape index (κ1) is 21.2. The Bertz CT molecular complexity index is 622. The summed E-state index contributed by atoms with van der Waals surface area (Å²) in [5, 5.41) is 12.0. The highest BCUT2D eigenvalue weighted by Gasteiger charge is 2.60. The molecule has 0 saturated carbocycles. The van der Waals surface area contributed by atoms with Crippen LogP contribution in [0.4, 0.5) is 0 Å². The van der Waals surface area contributed by atoms with Crippen LogP contribution in [-0.2, 0) is 23.7 Å². The van der Waals surface area contributed by atoms with E-state index in [-0.39, 0.29) is 18.2 Å². The molecular formula is C19H33NO6Si. The topological polar surface area (TPSA) is 69.6 Å². The zero-order valence-electron chi connectivity index (χ0n) is 17.6. The third-order valence-corrected chi connectivity index (χ3v) is 5.67. The summed E-state index contributed by atoms with van der Waals surface area (Å²) in [4.78, 5) is 0. The van der Waals surface area contributed by atoms with E-state index in [1.807, 2.05) is 34.6 Å². The van der Waals surface area contributed by atoms with Gasteiger partial charge in [-0.3, -0.25) is 0 Å². The SMILES string of the molecule is C[C@H](C#C[Si](C)(C)C)N(O)[C@H]1O[C@H]([C@H]2COC(C)(C)O2)[C@@H]2OC(C)(C)O[C@@H]21. The van der Waals surface area contributed by atoms with E-state index in [0.29, 0.717) is 6.61 Å². The smallest absolute Gasteiger partial charge is 0.164 e. The summed E-state index contributed by atoms with van der Waals surface area (Å²) in [6.07, 6.45) is -2.14. The van der Waals surface area contributed by atoms with Gasteiger partial charge >= 0.3 is 0 Å². The molecule has 8 heteroatoms. The molecule has 0 aromatic rings. The van der Waals surface area contributed by atoms with Crippen LogP contribution < -0.4 is 0 Å². The molecule has 0 unspecified atom stereocenters. The van der Waals surface area contributed by atoms with Gasteiger partial charge in [-0.15, -0.1) is 10.6 Å². The summed E-state index contributed by atoms with van der Waals surface area (Å²) >= 11 is 0. The minimum absolute atomic E-state index is 0.285. The highest BCUT2D eigenvalue weighted by molar-refractivity contribution is 6.83. The number of ether oxygens (including phenoxy) is 5. The predicted octanol–water partition coefficient (Wildman–Crippen LogP) is 2.34. The second kappa shape index (κ2) is 7.08. The molecule has 0 aromatic carbocycles. The Labute approximate surface area is 163 Å². The molecule has 3 fully saturated rings. The van der Waals surface area contributed by atoms with Gasteiger partial charge in [0, 0.05) is 0 Å². The lowest BCUT2D eigenvalue weighted by molar-refractivity contribution is -0.276. The number of fused-ring (bicyclic) bond motifs is 1. The second-order valence-electron chi connectivity index (χ2n) is 9.50. The highest BCUT2D eigenvalue weighted by Crippen LogP contribution is 2.43. The molecule has 3 rings (SSSR count). The number of hydrogen-bond donors (Lipinski definition) is 1. The Morgan fingerprint density at radius 3 is 2.19 bits per heavy atom. The lowest BCUT2D eigenvalue weighted by Gasteiger charge is -2.31. The Kier molecular flexibility index (Phi) is 5.56. The quantitative estimate of drug-likeness (QED) is 0.444. The van der Waals surface area contributed by atoms with E-state index < -0.39 is 38.1 Å². The minimum Gasteiger partial charge on any atom is -0.349 e. The van der Waals surface area contributed by atoms with E-state index in [0.717, 1.165) is 5.06 Å². The first-order chi connectivity index (χ1) is 12.3. The maximum absolute atomic E-state index is 10.8. The number of nitrogens with zero attached hydrogens (tertiary/aromatic N) is 1. The molecule has 3 aliphatic rings. The molecule has 3 aliphatic heterocycles. The van der Waals surface area contributed by atoms with E-state index in [9.17, 15) is 5.21 Å². The molecule has 0 aromatic heterocycles. The van der Waals surface area contributed by atoms with Crippen LogP contribution in [0.2, 0.25) is 19.6 Å². The lowest BCUT2D eigenvalue weighted by atomic mass is 10.1. The summed E-state index contributed by atoms with van der Waals surface area (Å²) in [6, 6.07) is -0.384. The Hall–Kier alpha value is -0.503. The summed E-state index contributed by atoms with van der Waals surface area (Å²) in [7, 11) is -1.54. The molecule has 6 atom stereocenters. The second-order valence-corrected chi connectivity index (χ2v) is 14.2. The monoisotopic (exact) mass is 399 g/mol. The molecule has 0 spiro atoms. The van der Waals surface area contributed by atoms with Crippen LogP contribution in [0.5, 0.6) is 0 Å². The molecule has 0 radical (unpaired) electrons. The number of rotatable bonds is 3. The zero-order valence-corrected chi connectivity index (χ0v) is 18.6. The summed E-state index contributed by atoms with van der Waals surface area (Å²) < 4.78 is 30.0. The van der Waals surface area contributed by atoms with Gasteiger partial charge in [0.1, 0.15) is 32.5 Å². The Morgan fingerprint density at radius 1 is 1.00 bits per heavy atom. The van der Waals surface area contributed by atoms with Crippen molar-refractivity contribution in [2.45, 2.75) is 103 Å². The van der Waals surface area contributed by atoms with Crippen molar-refractivity contribution in [3.05, 3.63) is 0 Å². The van der Waals surface area contributed by atoms with Crippen LogP contribution in [0.15, 0.2) is 0 Å². The van der Waals surface area contributed by atoms with Gasteiger partial charge in [0.25, 0.3) is 0 Å². The van der Waals surface area contributed by atoms with Crippen molar-refractivity contribution >= 4 is 8.07 Å². The van der Waals surface area contributed by atoms with Crippen LogP contribution in [0.3, 0.4) is 0 Å². The summed E-state index contributed by atoms with van der Waals surface area (Å²) in [5.74, 6) is 1.74. The van der Waals surface area contributed by atoms with Crippen molar-refractivity contribution in [3.63, 3.8) is 0 Å². The standard InChI is InChI=1S/C19H33NO6Si/c1-12(9-10-27(6,7)8)20(21)17-16-15(25-19(4,5)26-16)14(23-17)13-11-22-18(2,3)24-13/h12-17,21H,11H2,1-8H3/t12-,13-,14-,15+,16+,17+/m1/s1. The van der Waals surface area contributed by atoms with Crippen molar-refractivity contribution in [2.24, 2.45) is 0 Å². The predicted molar refractivity (Wildman–Crippen MR) is 102 cm³/mol. The number of hydrogen-bond acceptors (Lipinski definition) is 7. The average Bonchev–Trinajstić information content (AvgIpc) is 3.13. The number of hydroxylamine groups is 2. The fourth-order valence-electron chi connectivity index (χ4n) is 3.60. The van der Waals surface area contributed by atoms with E-state index >= 15 is 0 Å². The van der Waals surface area contributed by atoms with Crippen LogP contribution in [0.25, 0.3) is 0 Å². The Balaban J connectivity index is 1.78. The van der Waals surface area contributed by atoms with Crippen molar-refractivity contribution in [3.8, 4) is 11.5 Å². The minimum atomic E-state index is -1.54. The molecule has 0 amide bonds. The summed E-state index contributed by atoms with van der Waals surface area (Å²) in [6.45, 7) is 16.3. The molecule has 1 N–H and O–H groups in total. The van der Waals surface area contributed by atoms with Gasteiger partial charge < -0.3 is 28.9 Å². The molecule has 0 aliphatic carbocycles. The molecular weight excluding hydrogens is 366 g/mol. The first-order valence-corrected chi connectivity index (χ1v) is 13.1. The maximum Gasteiger partial charge on any atom is 0.164 e. The van der Waals surface area contributed by atoms with Crippen molar-refractivity contribution in [1.82, 2.24) is 5.06 Å². The van der Waals surface area contributed by atoms with Gasteiger partial charge in [-0.2, -0.15) is 0 Å². The molecule has 3 saturated heterocycles. The fourth-order valence-corrected chi connectivity index (χ4v) is 4.25.